The highest BCUT2D eigenvalue weighted by Crippen LogP contribution is 2.17. The van der Waals surface area contributed by atoms with Crippen molar-refractivity contribution in [1.82, 2.24) is 24.9 Å². The van der Waals surface area contributed by atoms with Gasteiger partial charge < -0.3 is 15.1 Å². The van der Waals surface area contributed by atoms with Crippen LogP contribution in [-0.2, 0) is 23.2 Å². The van der Waals surface area contributed by atoms with Crippen LogP contribution in [0.4, 0.5) is 0 Å². The van der Waals surface area contributed by atoms with E-state index < -0.39 is 0 Å². The zero-order valence-electron chi connectivity index (χ0n) is 13.8. The zero-order chi connectivity index (χ0) is 16.3. The number of hydrogen-bond donors (Lipinski definition) is 1. The Hall–Kier alpha value is -1.89. The van der Waals surface area contributed by atoms with Crippen molar-refractivity contribution in [3.8, 4) is 0 Å². The largest absolute Gasteiger partial charge is 0.350 e. The Morgan fingerprint density at radius 3 is 2.82 bits per heavy atom. The highest BCUT2D eigenvalue weighted by atomic mass is 16.2. The molecule has 2 amide bonds. The molecule has 1 aromatic heterocycles. The lowest BCUT2D eigenvalue weighted by Gasteiger charge is -2.19. The lowest BCUT2D eigenvalue weighted by Crippen LogP contribution is -2.35. The van der Waals surface area contributed by atoms with Gasteiger partial charge in [-0.05, 0) is 27.1 Å². The van der Waals surface area contributed by atoms with Gasteiger partial charge in [0.15, 0.2) is 0 Å². The van der Waals surface area contributed by atoms with Crippen LogP contribution in [0.5, 0.6) is 0 Å². The summed E-state index contributed by atoms with van der Waals surface area (Å²) in [5.41, 5.74) is 1.89. The summed E-state index contributed by atoms with van der Waals surface area (Å²) in [6.45, 7) is 4.37. The van der Waals surface area contributed by atoms with Crippen LogP contribution >= 0.6 is 0 Å². The molecule has 0 bridgehead atoms. The molecular formula is C15H25N5O2. The van der Waals surface area contributed by atoms with Gasteiger partial charge in [0.1, 0.15) is 0 Å². The maximum atomic E-state index is 12.2. The van der Waals surface area contributed by atoms with E-state index in [1.807, 2.05) is 39.0 Å². The average Bonchev–Trinajstić information content (AvgIpc) is 2.96. The minimum atomic E-state index is -0.246. The third-order valence-electron chi connectivity index (χ3n) is 3.95. The van der Waals surface area contributed by atoms with E-state index in [1.165, 1.54) is 0 Å². The molecular weight excluding hydrogens is 282 g/mol. The standard InChI is InChI=1S/C15H25N5O2/c1-11-7-13(19(4)17-11)9-16-15(22)12-8-14(21)20(10-12)6-5-18(2)3/h7,12H,5-6,8-10H2,1-4H3,(H,16,22)/t12-/m1/s1. The molecule has 2 heterocycles. The second-order valence-corrected chi connectivity index (χ2v) is 6.16. The Bertz CT molecular complexity index is 552. The topological polar surface area (TPSA) is 70.5 Å². The maximum absolute atomic E-state index is 12.2. The molecule has 1 saturated heterocycles. The molecule has 1 fully saturated rings. The van der Waals surface area contributed by atoms with E-state index in [-0.39, 0.29) is 17.7 Å². The van der Waals surface area contributed by atoms with Gasteiger partial charge in [-0.2, -0.15) is 5.10 Å². The number of likely N-dealkylation sites (N-methyl/N-ethyl adjacent to an activating group) is 1. The number of aryl methyl sites for hydroxylation is 2. The van der Waals surface area contributed by atoms with Crippen molar-refractivity contribution in [2.75, 3.05) is 33.7 Å². The Kier molecular flexibility index (Phi) is 5.18. The van der Waals surface area contributed by atoms with Crippen molar-refractivity contribution >= 4 is 11.8 Å². The Morgan fingerprint density at radius 2 is 2.23 bits per heavy atom. The molecule has 0 aliphatic carbocycles. The van der Waals surface area contributed by atoms with Crippen molar-refractivity contribution in [2.45, 2.75) is 19.9 Å². The smallest absolute Gasteiger partial charge is 0.225 e. The first-order valence-corrected chi connectivity index (χ1v) is 7.56. The first kappa shape index (κ1) is 16.5. The molecule has 2 rings (SSSR count). The van der Waals surface area contributed by atoms with Crippen LogP contribution in [0.1, 0.15) is 17.8 Å². The maximum Gasteiger partial charge on any atom is 0.225 e. The van der Waals surface area contributed by atoms with Crippen LogP contribution in [-0.4, -0.2) is 65.1 Å². The van der Waals surface area contributed by atoms with Gasteiger partial charge in [0.2, 0.25) is 11.8 Å². The number of likely N-dealkylation sites (tertiary alicyclic amines) is 1. The summed E-state index contributed by atoms with van der Waals surface area (Å²) >= 11 is 0. The lowest BCUT2D eigenvalue weighted by atomic mass is 10.1. The van der Waals surface area contributed by atoms with Gasteiger partial charge in [-0.15, -0.1) is 0 Å². The van der Waals surface area contributed by atoms with Gasteiger partial charge in [0, 0.05) is 33.1 Å². The summed E-state index contributed by atoms with van der Waals surface area (Å²) in [7, 11) is 5.80. The minimum Gasteiger partial charge on any atom is -0.350 e. The molecule has 1 aliphatic rings. The molecule has 22 heavy (non-hydrogen) atoms. The minimum absolute atomic E-state index is 0.0560. The molecule has 1 aliphatic heterocycles. The van der Waals surface area contributed by atoms with E-state index in [2.05, 4.69) is 10.4 Å². The lowest BCUT2D eigenvalue weighted by molar-refractivity contribution is -0.129. The fourth-order valence-electron chi connectivity index (χ4n) is 2.64. The Balaban J connectivity index is 1.83. The monoisotopic (exact) mass is 307 g/mol. The molecule has 0 radical (unpaired) electrons. The van der Waals surface area contributed by atoms with E-state index >= 15 is 0 Å². The summed E-state index contributed by atoms with van der Waals surface area (Å²) < 4.78 is 1.76. The van der Waals surface area contributed by atoms with Crippen LogP contribution < -0.4 is 5.32 Å². The number of carbonyl (C=O) groups excluding carboxylic acids is 2. The highest BCUT2D eigenvalue weighted by molar-refractivity contribution is 5.89. The van der Waals surface area contributed by atoms with Crippen LogP contribution in [0.2, 0.25) is 0 Å². The number of aromatic nitrogens is 2. The van der Waals surface area contributed by atoms with Crippen molar-refractivity contribution in [2.24, 2.45) is 13.0 Å². The molecule has 122 valence electrons. The summed E-state index contributed by atoms with van der Waals surface area (Å²) in [4.78, 5) is 28.0. The third-order valence-corrected chi connectivity index (χ3v) is 3.95. The Morgan fingerprint density at radius 1 is 1.50 bits per heavy atom. The van der Waals surface area contributed by atoms with E-state index in [4.69, 9.17) is 0 Å². The number of carbonyl (C=O) groups is 2. The molecule has 0 unspecified atom stereocenters. The second-order valence-electron chi connectivity index (χ2n) is 6.16. The molecule has 0 saturated carbocycles. The number of hydrogen-bond acceptors (Lipinski definition) is 4. The molecule has 1 atom stereocenters. The van der Waals surface area contributed by atoms with Crippen LogP contribution in [0, 0.1) is 12.8 Å². The second kappa shape index (κ2) is 6.91. The van der Waals surface area contributed by atoms with E-state index in [0.717, 1.165) is 17.9 Å². The van der Waals surface area contributed by atoms with Gasteiger partial charge in [-0.1, -0.05) is 0 Å². The number of nitrogens with one attached hydrogen (secondary N) is 1. The first-order chi connectivity index (χ1) is 10.4. The van der Waals surface area contributed by atoms with Crippen molar-refractivity contribution in [1.29, 1.82) is 0 Å². The molecule has 7 heteroatoms. The highest BCUT2D eigenvalue weighted by Gasteiger charge is 2.33. The van der Waals surface area contributed by atoms with Crippen molar-refractivity contribution < 1.29 is 9.59 Å². The number of rotatable bonds is 6. The van der Waals surface area contributed by atoms with Crippen molar-refractivity contribution in [3.63, 3.8) is 0 Å². The van der Waals surface area contributed by atoms with Gasteiger partial charge in [0.05, 0.1) is 23.9 Å². The van der Waals surface area contributed by atoms with Crippen molar-refractivity contribution in [3.05, 3.63) is 17.5 Å². The summed E-state index contributed by atoms with van der Waals surface area (Å²) in [5, 5.41) is 7.16. The molecule has 1 N–H and O–H groups in total. The molecule has 0 spiro atoms. The quantitative estimate of drug-likeness (QED) is 0.787. The van der Waals surface area contributed by atoms with Gasteiger partial charge >= 0.3 is 0 Å². The molecule has 0 aromatic carbocycles. The summed E-state index contributed by atoms with van der Waals surface area (Å²) in [6, 6.07) is 1.95. The summed E-state index contributed by atoms with van der Waals surface area (Å²) in [6.07, 6.45) is 0.309. The van der Waals surface area contributed by atoms with Crippen LogP contribution in [0.15, 0.2) is 6.07 Å². The first-order valence-electron chi connectivity index (χ1n) is 7.56. The van der Waals surface area contributed by atoms with Gasteiger partial charge in [-0.3, -0.25) is 14.3 Å². The average molecular weight is 307 g/mol. The molecule has 1 aromatic rings. The SMILES string of the molecule is Cc1cc(CNC(=O)[C@@H]2CC(=O)N(CCN(C)C)C2)n(C)n1. The third kappa shape index (κ3) is 4.07. The predicted molar refractivity (Wildman–Crippen MR) is 83.0 cm³/mol. The van der Waals surface area contributed by atoms with Crippen LogP contribution in [0.25, 0.3) is 0 Å². The van der Waals surface area contributed by atoms with E-state index in [9.17, 15) is 9.59 Å². The normalized spacial score (nSPS) is 18.3. The Labute approximate surface area is 131 Å². The molecule has 7 nitrogen and oxygen atoms in total. The summed E-state index contributed by atoms with van der Waals surface area (Å²) in [5.74, 6) is -0.234. The predicted octanol–water partition coefficient (Wildman–Crippen LogP) is -0.245. The van der Waals surface area contributed by atoms with Gasteiger partial charge in [0.25, 0.3) is 0 Å². The van der Waals surface area contributed by atoms with E-state index in [1.54, 1.807) is 9.58 Å². The number of nitrogens with zero attached hydrogens (tertiary/aromatic N) is 4. The fourth-order valence-corrected chi connectivity index (χ4v) is 2.64. The zero-order valence-corrected chi connectivity index (χ0v) is 13.8. The number of amides is 2. The van der Waals surface area contributed by atoms with Gasteiger partial charge in [-0.25, -0.2) is 0 Å². The van der Waals surface area contributed by atoms with Crippen LogP contribution in [0.3, 0.4) is 0 Å². The van der Waals surface area contributed by atoms with E-state index in [0.29, 0.717) is 26.1 Å². The fraction of sp³-hybridized carbons (Fsp3) is 0.667.